The molecule has 0 atom stereocenters. The summed E-state index contributed by atoms with van der Waals surface area (Å²) in [6.07, 6.45) is -4.48. The number of hydrogen-bond donors (Lipinski definition) is 1. The Morgan fingerprint density at radius 3 is 2.60 bits per heavy atom. The smallest absolute Gasteiger partial charge is 0.322 e. The van der Waals surface area contributed by atoms with E-state index in [1.54, 1.807) is 22.9 Å². The van der Waals surface area contributed by atoms with E-state index in [1.807, 2.05) is 31.2 Å². The molecule has 0 saturated heterocycles. The summed E-state index contributed by atoms with van der Waals surface area (Å²) in [5, 5.41) is 10.8. The van der Waals surface area contributed by atoms with Crippen molar-refractivity contribution in [1.82, 2.24) is 15.0 Å². The summed E-state index contributed by atoms with van der Waals surface area (Å²) in [5.41, 5.74) is 3.05. The van der Waals surface area contributed by atoms with Gasteiger partial charge in [-0.3, -0.25) is 4.79 Å². The summed E-state index contributed by atoms with van der Waals surface area (Å²) >= 11 is 0. The van der Waals surface area contributed by atoms with Crippen molar-refractivity contribution in [2.45, 2.75) is 19.6 Å². The molecule has 0 saturated carbocycles. The van der Waals surface area contributed by atoms with Crippen molar-refractivity contribution >= 4 is 22.6 Å². The van der Waals surface area contributed by atoms with Crippen LogP contribution in [0, 0.1) is 6.92 Å². The number of hydrogen-bond acceptors (Lipinski definition) is 3. The SMILES string of the molecule is Cc1ccccc1Cn1nnc2cc(C(=O)Nc3cccc(C(F)(F)F)c3)ccc21. The monoisotopic (exact) mass is 410 g/mol. The Morgan fingerprint density at radius 2 is 1.83 bits per heavy atom. The number of aromatic nitrogens is 3. The summed E-state index contributed by atoms with van der Waals surface area (Å²) in [6, 6.07) is 17.4. The van der Waals surface area contributed by atoms with Gasteiger partial charge in [0, 0.05) is 11.3 Å². The predicted octanol–water partition coefficient (Wildman–Crippen LogP) is 5.06. The van der Waals surface area contributed by atoms with Crippen LogP contribution in [-0.4, -0.2) is 20.9 Å². The molecule has 0 spiro atoms. The summed E-state index contributed by atoms with van der Waals surface area (Å²) in [4.78, 5) is 12.5. The summed E-state index contributed by atoms with van der Waals surface area (Å²) in [5.74, 6) is -0.523. The van der Waals surface area contributed by atoms with Gasteiger partial charge in [-0.25, -0.2) is 4.68 Å². The molecule has 152 valence electrons. The minimum absolute atomic E-state index is 0.0677. The first kappa shape index (κ1) is 19.6. The zero-order valence-electron chi connectivity index (χ0n) is 15.9. The van der Waals surface area contributed by atoms with Gasteiger partial charge in [-0.1, -0.05) is 35.5 Å². The quantitative estimate of drug-likeness (QED) is 0.512. The first-order valence-corrected chi connectivity index (χ1v) is 9.17. The van der Waals surface area contributed by atoms with Crippen LogP contribution in [0.2, 0.25) is 0 Å². The number of benzene rings is 3. The molecule has 0 aliphatic carbocycles. The highest BCUT2D eigenvalue weighted by atomic mass is 19.4. The number of nitrogens with zero attached hydrogens (tertiary/aromatic N) is 3. The maximum Gasteiger partial charge on any atom is 0.416 e. The number of alkyl halides is 3. The van der Waals surface area contributed by atoms with Crippen LogP contribution in [0.1, 0.15) is 27.0 Å². The second kappa shape index (κ2) is 7.62. The van der Waals surface area contributed by atoms with Crippen LogP contribution in [0.3, 0.4) is 0 Å². The van der Waals surface area contributed by atoms with Crippen LogP contribution in [0.4, 0.5) is 18.9 Å². The normalized spacial score (nSPS) is 11.6. The number of amides is 1. The van der Waals surface area contributed by atoms with Gasteiger partial charge in [0.15, 0.2) is 0 Å². The molecule has 0 aliphatic rings. The lowest BCUT2D eigenvalue weighted by molar-refractivity contribution is -0.137. The Balaban J connectivity index is 1.56. The van der Waals surface area contributed by atoms with Crippen molar-refractivity contribution in [2.24, 2.45) is 0 Å². The van der Waals surface area contributed by atoms with Gasteiger partial charge in [-0.15, -0.1) is 5.10 Å². The topological polar surface area (TPSA) is 59.8 Å². The summed E-state index contributed by atoms with van der Waals surface area (Å²) < 4.78 is 40.3. The zero-order chi connectivity index (χ0) is 21.3. The van der Waals surface area contributed by atoms with E-state index in [9.17, 15) is 18.0 Å². The lowest BCUT2D eigenvalue weighted by Crippen LogP contribution is -2.13. The zero-order valence-corrected chi connectivity index (χ0v) is 15.9. The van der Waals surface area contributed by atoms with Gasteiger partial charge in [0.1, 0.15) is 5.52 Å². The Labute approximate surface area is 170 Å². The van der Waals surface area contributed by atoms with E-state index in [2.05, 4.69) is 15.6 Å². The van der Waals surface area contributed by atoms with Gasteiger partial charge < -0.3 is 5.32 Å². The maximum absolute atomic E-state index is 12.9. The highest BCUT2D eigenvalue weighted by Crippen LogP contribution is 2.30. The summed E-state index contributed by atoms with van der Waals surface area (Å²) in [7, 11) is 0. The molecule has 4 rings (SSSR count). The molecule has 1 N–H and O–H groups in total. The molecule has 4 aromatic rings. The fourth-order valence-electron chi connectivity index (χ4n) is 3.16. The third kappa shape index (κ3) is 4.03. The van der Waals surface area contributed by atoms with Crippen LogP contribution < -0.4 is 5.32 Å². The number of fused-ring (bicyclic) bond motifs is 1. The van der Waals surface area contributed by atoms with E-state index in [1.165, 1.54) is 12.1 Å². The lowest BCUT2D eigenvalue weighted by Gasteiger charge is -2.10. The predicted molar refractivity (Wildman–Crippen MR) is 107 cm³/mol. The lowest BCUT2D eigenvalue weighted by atomic mass is 10.1. The van der Waals surface area contributed by atoms with Crippen molar-refractivity contribution < 1.29 is 18.0 Å². The van der Waals surface area contributed by atoms with Crippen molar-refractivity contribution in [3.8, 4) is 0 Å². The molecule has 1 aromatic heterocycles. The molecule has 8 heteroatoms. The van der Waals surface area contributed by atoms with Crippen LogP contribution in [0.5, 0.6) is 0 Å². The van der Waals surface area contributed by atoms with Crippen LogP contribution in [0.25, 0.3) is 11.0 Å². The number of rotatable bonds is 4. The highest BCUT2D eigenvalue weighted by molar-refractivity contribution is 6.05. The van der Waals surface area contributed by atoms with Gasteiger partial charge in [-0.2, -0.15) is 13.2 Å². The minimum atomic E-state index is -4.48. The third-order valence-corrected chi connectivity index (χ3v) is 4.81. The summed E-state index contributed by atoms with van der Waals surface area (Å²) in [6.45, 7) is 2.56. The Hall–Kier alpha value is -3.68. The van der Waals surface area contributed by atoms with Crippen molar-refractivity contribution in [3.05, 3.63) is 89.0 Å². The van der Waals surface area contributed by atoms with Crippen molar-refractivity contribution in [3.63, 3.8) is 0 Å². The standard InChI is InChI=1S/C22H17F3N4O/c1-14-5-2-3-6-16(14)13-29-20-10-9-15(11-19(20)27-28-29)21(30)26-18-8-4-7-17(12-18)22(23,24)25/h2-12H,13H2,1H3,(H,26,30). The molecule has 0 bridgehead atoms. The number of anilines is 1. The van der Waals surface area contributed by atoms with E-state index in [4.69, 9.17) is 0 Å². The molecule has 0 unspecified atom stereocenters. The molecule has 3 aromatic carbocycles. The van der Waals surface area contributed by atoms with E-state index in [0.717, 1.165) is 28.8 Å². The van der Waals surface area contributed by atoms with Gasteiger partial charge >= 0.3 is 6.18 Å². The molecular weight excluding hydrogens is 393 g/mol. The van der Waals surface area contributed by atoms with E-state index in [0.29, 0.717) is 12.1 Å². The van der Waals surface area contributed by atoms with Crippen LogP contribution in [-0.2, 0) is 12.7 Å². The molecule has 1 heterocycles. The Kier molecular flexibility index (Phi) is 4.99. The van der Waals surface area contributed by atoms with Crippen LogP contribution in [0.15, 0.2) is 66.7 Å². The molecular formula is C22H17F3N4O. The maximum atomic E-state index is 12.9. The van der Waals surface area contributed by atoms with E-state index >= 15 is 0 Å². The van der Waals surface area contributed by atoms with Gasteiger partial charge in [0.2, 0.25) is 0 Å². The molecule has 0 radical (unpaired) electrons. The molecule has 0 aliphatic heterocycles. The van der Waals surface area contributed by atoms with Gasteiger partial charge in [0.05, 0.1) is 17.6 Å². The Morgan fingerprint density at radius 1 is 1.03 bits per heavy atom. The average Bonchev–Trinajstić information content (AvgIpc) is 3.11. The molecule has 5 nitrogen and oxygen atoms in total. The van der Waals surface area contributed by atoms with Crippen LogP contribution >= 0.6 is 0 Å². The number of carbonyl (C=O) groups is 1. The second-order valence-electron chi connectivity index (χ2n) is 6.91. The molecule has 0 fully saturated rings. The van der Waals surface area contributed by atoms with E-state index in [-0.39, 0.29) is 11.3 Å². The number of aryl methyl sites for hydroxylation is 1. The Bertz CT molecular complexity index is 1230. The highest BCUT2D eigenvalue weighted by Gasteiger charge is 2.30. The molecule has 1 amide bonds. The first-order chi connectivity index (χ1) is 14.3. The number of nitrogens with one attached hydrogen (secondary N) is 1. The van der Waals surface area contributed by atoms with Gasteiger partial charge in [0.25, 0.3) is 5.91 Å². The molecule has 30 heavy (non-hydrogen) atoms. The fraction of sp³-hybridized carbons (Fsp3) is 0.136. The van der Waals surface area contributed by atoms with Gasteiger partial charge in [-0.05, 0) is 54.4 Å². The minimum Gasteiger partial charge on any atom is -0.322 e. The first-order valence-electron chi connectivity index (χ1n) is 9.17. The largest absolute Gasteiger partial charge is 0.416 e. The van der Waals surface area contributed by atoms with E-state index < -0.39 is 17.6 Å². The number of carbonyl (C=O) groups excluding carboxylic acids is 1. The number of halogens is 3. The third-order valence-electron chi connectivity index (χ3n) is 4.81. The second-order valence-corrected chi connectivity index (χ2v) is 6.91. The van der Waals surface area contributed by atoms with Crippen molar-refractivity contribution in [2.75, 3.05) is 5.32 Å². The average molecular weight is 410 g/mol. The fourth-order valence-corrected chi connectivity index (χ4v) is 3.16. The van der Waals surface area contributed by atoms with Crippen molar-refractivity contribution in [1.29, 1.82) is 0 Å².